The summed E-state index contributed by atoms with van der Waals surface area (Å²) in [6.07, 6.45) is 7.40. The van der Waals surface area contributed by atoms with Crippen molar-refractivity contribution in [1.82, 2.24) is 45.5 Å². The molecule has 4 aromatic rings. The van der Waals surface area contributed by atoms with E-state index in [9.17, 15) is 14.9 Å². The molecule has 392 valence electrons. The van der Waals surface area contributed by atoms with E-state index >= 15 is 0 Å². The smallest absolute Gasteiger partial charge is 0.323 e. The van der Waals surface area contributed by atoms with Gasteiger partial charge in [-0.05, 0) is 123 Å². The summed E-state index contributed by atoms with van der Waals surface area (Å²) in [4.78, 5) is 37.8. The molecule has 10 atom stereocenters. The maximum Gasteiger partial charge on any atom is 0.323 e. The van der Waals surface area contributed by atoms with Crippen molar-refractivity contribution in [3.8, 4) is 17.5 Å². The minimum absolute atomic E-state index is 0. The molecule has 3 aliphatic carbocycles. The predicted molar refractivity (Wildman–Crippen MR) is 282 cm³/mol. The van der Waals surface area contributed by atoms with E-state index in [-0.39, 0.29) is 33.9 Å². The second-order valence-electron chi connectivity index (χ2n) is 22.4. The number of rotatable bonds is 13. The van der Waals surface area contributed by atoms with Crippen LogP contribution in [0.5, 0.6) is 0 Å². The van der Waals surface area contributed by atoms with Crippen LogP contribution in [0.4, 0.5) is 0 Å². The normalized spacial score (nSPS) is 29.5. The Balaban J connectivity index is 0.000000376. The molecule has 10 unspecified atom stereocenters. The lowest BCUT2D eigenvalue weighted by Gasteiger charge is -2.42. The summed E-state index contributed by atoms with van der Waals surface area (Å²) < 4.78 is 9.92. The highest BCUT2D eigenvalue weighted by molar-refractivity contribution is 6.20. The van der Waals surface area contributed by atoms with Crippen LogP contribution >= 0.6 is 11.6 Å². The molecule has 0 spiro atoms. The second-order valence-corrected chi connectivity index (χ2v) is 22.9. The van der Waals surface area contributed by atoms with Crippen LogP contribution < -0.4 is 0 Å². The molecule has 3 aliphatic rings. The number of H-pyrrole nitrogens is 3. The molecule has 0 amide bonds. The van der Waals surface area contributed by atoms with Gasteiger partial charge in [0, 0.05) is 27.6 Å². The highest BCUT2D eigenvalue weighted by atomic mass is 35.5. The number of hydrogen-bond donors (Lipinski definition) is 3. The van der Waals surface area contributed by atoms with Gasteiger partial charge in [-0.2, -0.15) is 20.6 Å². The number of nitrogens with zero attached hydrogens (tertiary/aromatic N) is 7. The molecule has 15 heteroatoms. The Morgan fingerprint density at radius 1 is 0.714 bits per heavy atom. The van der Waals surface area contributed by atoms with Crippen molar-refractivity contribution in [2.45, 2.75) is 165 Å². The van der Waals surface area contributed by atoms with Gasteiger partial charge in [0.1, 0.15) is 23.9 Å². The lowest BCUT2D eigenvalue weighted by molar-refractivity contribution is -0.145. The van der Waals surface area contributed by atoms with Gasteiger partial charge in [0.2, 0.25) is 0 Å². The molecule has 3 aromatic heterocycles. The largest absolute Gasteiger partial charge is 0.468 e. The fraction of sp³-hybridized carbons (Fsp3) is 0.727. The van der Waals surface area contributed by atoms with Crippen LogP contribution in [0.15, 0.2) is 24.3 Å². The molecular weight excluding hydrogens is 900 g/mol. The number of aryl methyl sites for hydroxylation is 1. The molecule has 0 saturated heterocycles. The molecule has 1 aromatic carbocycles. The average Bonchev–Trinajstić information content (AvgIpc) is 4.08. The van der Waals surface area contributed by atoms with Gasteiger partial charge < -0.3 is 9.47 Å². The average molecular weight is 992 g/mol. The number of nitriles is 1. The van der Waals surface area contributed by atoms with Gasteiger partial charge in [-0.3, -0.25) is 24.9 Å². The molecule has 0 aliphatic heterocycles. The first-order chi connectivity index (χ1) is 33.2. The maximum absolute atomic E-state index is 12.5. The number of aromatic amines is 3. The Bertz CT molecular complexity index is 2270. The number of halogens is 1. The van der Waals surface area contributed by atoms with Gasteiger partial charge in [-0.15, -0.1) is 11.6 Å². The molecule has 3 heterocycles. The summed E-state index contributed by atoms with van der Waals surface area (Å²) in [5.41, 5.74) is 2.07. The Kier molecular flexibility index (Phi) is 20.6. The first-order valence-electron chi connectivity index (χ1n) is 26.3. The first-order valence-corrected chi connectivity index (χ1v) is 26.7. The molecule has 3 N–H and O–H groups in total. The summed E-state index contributed by atoms with van der Waals surface area (Å²) in [6, 6.07) is 10.2. The Morgan fingerprint density at radius 2 is 1.21 bits per heavy atom. The maximum atomic E-state index is 12.5. The molecule has 0 bridgehead atoms. The van der Waals surface area contributed by atoms with E-state index in [1.54, 1.807) is 6.92 Å². The Hall–Kier alpha value is -4.64. The van der Waals surface area contributed by atoms with Gasteiger partial charge in [-0.25, -0.2) is 15.0 Å². The van der Waals surface area contributed by atoms with Gasteiger partial charge in [0.25, 0.3) is 0 Å². The Morgan fingerprint density at radius 3 is 1.70 bits per heavy atom. The lowest BCUT2D eigenvalue weighted by atomic mass is 9.62. The molecule has 3 saturated carbocycles. The number of aromatic nitrogens is 9. The van der Waals surface area contributed by atoms with E-state index in [2.05, 4.69) is 130 Å². The second kappa shape index (κ2) is 25.7. The number of carbonyl (C=O) groups is 2. The predicted octanol–water partition coefficient (Wildman–Crippen LogP) is 13.1. The third-order valence-electron chi connectivity index (χ3n) is 15.9. The number of nitrogens with one attached hydrogen (secondary N) is 3. The van der Waals surface area contributed by atoms with Gasteiger partial charge in [0.15, 0.2) is 23.4 Å². The minimum Gasteiger partial charge on any atom is -0.468 e. The van der Waals surface area contributed by atoms with Crippen molar-refractivity contribution in [2.75, 3.05) is 13.7 Å². The summed E-state index contributed by atoms with van der Waals surface area (Å²) >= 11 is 6.71. The number of hydrogen-bond acceptors (Lipinski definition) is 11. The van der Waals surface area contributed by atoms with Crippen LogP contribution in [0.2, 0.25) is 0 Å². The number of methoxy groups -OCH3 is 1. The highest BCUT2D eigenvalue weighted by Crippen LogP contribution is 2.49. The van der Waals surface area contributed by atoms with Crippen molar-refractivity contribution in [3.63, 3.8) is 0 Å². The van der Waals surface area contributed by atoms with Crippen molar-refractivity contribution >= 4 is 23.5 Å². The van der Waals surface area contributed by atoms with Gasteiger partial charge in [-0.1, -0.05) is 113 Å². The van der Waals surface area contributed by atoms with E-state index in [0.717, 1.165) is 53.3 Å². The monoisotopic (exact) mass is 991 g/mol. The SMILES string of the molecule is CC1CC(C)C(C(Cl)c2nc(C(C)C)n[nH]2)C(C)C1.CCOC(=O)Cc1nc(C(C)C2C(C)CC(C)CC2C)n[nH]1.COC(=O)C(C#N)C(c1nc(-c2ccc(C)cc2)n[nH]1)C1C(C)CC(C)CC1C.[HH].[HH].[HH]. The van der Waals surface area contributed by atoms with E-state index < -0.39 is 11.9 Å². The number of esters is 2. The fourth-order valence-corrected chi connectivity index (χ4v) is 13.8. The van der Waals surface area contributed by atoms with Gasteiger partial charge >= 0.3 is 11.9 Å². The van der Waals surface area contributed by atoms with Crippen molar-refractivity contribution in [3.05, 3.63) is 59.0 Å². The van der Waals surface area contributed by atoms with Crippen molar-refractivity contribution < 1.29 is 23.3 Å². The quantitative estimate of drug-likeness (QED) is 0.0850. The topological polar surface area (TPSA) is 201 Å². The van der Waals surface area contributed by atoms with E-state index in [1.165, 1.54) is 32.8 Å². The third kappa shape index (κ3) is 14.3. The lowest BCUT2D eigenvalue weighted by Crippen LogP contribution is -2.39. The molecule has 7 rings (SSSR count). The molecule has 0 radical (unpaired) electrons. The number of benzene rings is 1. The van der Waals surface area contributed by atoms with Crippen LogP contribution in [-0.2, 0) is 25.5 Å². The summed E-state index contributed by atoms with van der Waals surface area (Å²) in [7, 11) is 1.33. The van der Waals surface area contributed by atoms with Crippen LogP contribution in [0.1, 0.15) is 191 Å². The minimum atomic E-state index is -0.915. The molecular formula is C55H91ClN10O4. The van der Waals surface area contributed by atoms with E-state index in [4.69, 9.17) is 26.1 Å². The third-order valence-corrected chi connectivity index (χ3v) is 16.4. The first kappa shape index (κ1) is 56.3. The Labute approximate surface area is 428 Å². The van der Waals surface area contributed by atoms with Crippen molar-refractivity contribution in [2.24, 2.45) is 76.9 Å². The van der Waals surface area contributed by atoms with Crippen molar-refractivity contribution in [1.29, 1.82) is 5.26 Å². The molecule has 3 fully saturated rings. The number of ether oxygens (including phenoxy) is 2. The van der Waals surface area contributed by atoms with Crippen LogP contribution in [0.3, 0.4) is 0 Å². The molecule has 70 heavy (non-hydrogen) atoms. The number of carbonyl (C=O) groups excluding carboxylic acids is 2. The molecule has 14 nitrogen and oxygen atoms in total. The number of alkyl halides is 1. The van der Waals surface area contributed by atoms with Gasteiger partial charge in [0.05, 0.1) is 25.2 Å². The van der Waals surface area contributed by atoms with E-state index in [0.29, 0.717) is 89.2 Å². The van der Waals surface area contributed by atoms with E-state index in [1.807, 2.05) is 31.2 Å². The standard InChI is InChI=1S/C23H30N4O2.C17H29N3O2.C15H26ClN3.3H2/c1-13-6-8-17(9-7-13)21-25-22(27-26-21)20(18(12-24)23(28)29-5)19-15(3)10-14(2)11-16(19)4;1-6-22-15(21)9-14-18-17(20-19-14)13(5)16-11(3)7-10(2)8-12(16)4;1-8(2)14-17-15(19-18-14)13(16)12-10(4)6-9(3)7-11(12)5;;;/h6-9,14-16,18-20H,10-11H2,1-5H3,(H,25,26,27);10-13,16H,6-9H2,1-5H3,(H,18,19,20);8-13H,6-7H2,1-5H3,(H,17,18,19);3*1H. The highest BCUT2D eigenvalue weighted by Gasteiger charge is 2.46. The zero-order valence-corrected chi connectivity index (χ0v) is 45.7. The zero-order valence-electron chi connectivity index (χ0n) is 44.9. The van der Waals surface area contributed by atoms with Crippen LogP contribution in [0, 0.1) is 95.2 Å². The van der Waals surface area contributed by atoms with Crippen LogP contribution in [0.25, 0.3) is 11.4 Å². The fourth-order valence-electron chi connectivity index (χ4n) is 13.2. The summed E-state index contributed by atoms with van der Waals surface area (Å²) in [6.45, 7) is 31.4. The summed E-state index contributed by atoms with van der Waals surface area (Å²) in [5, 5.41) is 31.8. The van der Waals surface area contributed by atoms with Crippen LogP contribution in [-0.4, -0.2) is 71.2 Å². The summed E-state index contributed by atoms with van der Waals surface area (Å²) in [5.74, 6) is 9.79. The zero-order chi connectivity index (χ0) is 51.6.